The number of hydrogen-bond acceptors (Lipinski definition) is 2. The van der Waals surface area contributed by atoms with E-state index in [0.29, 0.717) is 5.41 Å². The Morgan fingerprint density at radius 1 is 1.10 bits per heavy atom. The lowest BCUT2D eigenvalue weighted by Gasteiger charge is -2.33. The summed E-state index contributed by atoms with van der Waals surface area (Å²) in [5.41, 5.74) is 3.24. The minimum absolute atomic E-state index is 0.413. The maximum absolute atomic E-state index is 5.45. The largest absolute Gasteiger partial charge is 0.381 e. The molecule has 2 heteroatoms. The van der Waals surface area contributed by atoms with Gasteiger partial charge in [-0.1, -0.05) is 45.0 Å². The molecule has 2 nitrogen and oxygen atoms in total. The Morgan fingerprint density at radius 3 is 2.30 bits per heavy atom. The van der Waals surface area contributed by atoms with Gasteiger partial charge in [-0.05, 0) is 41.7 Å². The monoisotopic (exact) mass is 275 g/mol. The average molecular weight is 275 g/mol. The molecule has 1 aromatic rings. The zero-order valence-corrected chi connectivity index (χ0v) is 13.2. The van der Waals surface area contributed by atoms with E-state index in [1.807, 2.05) is 0 Å². The van der Waals surface area contributed by atoms with E-state index < -0.39 is 0 Å². The molecule has 1 N–H and O–H groups in total. The van der Waals surface area contributed by atoms with Gasteiger partial charge < -0.3 is 10.1 Å². The molecule has 0 radical (unpaired) electrons. The molecular weight excluding hydrogens is 246 g/mol. The van der Waals surface area contributed by atoms with Crippen LogP contribution in [0.5, 0.6) is 0 Å². The average Bonchev–Trinajstić information content (AvgIpc) is 2.41. The van der Waals surface area contributed by atoms with Crippen molar-refractivity contribution in [1.29, 1.82) is 0 Å². The maximum atomic E-state index is 5.45. The van der Waals surface area contributed by atoms with Gasteiger partial charge in [-0.2, -0.15) is 0 Å². The molecule has 0 aliphatic carbocycles. The number of hydrogen-bond donors (Lipinski definition) is 1. The first-order valence-corrected chi connectivity index (χ1v) is 7.94. The van der Waals surface area contributed by atoms with Crippen molar-refractivity contribution in [3.8, 4) is 0 Å². The lowest BCUT2D eigenvalue weighted by atomic mass is 9.82. The molecule has 1 heterocycles. The Kier molecular flexibility index (Phi) is 5.62. The highest BCUT2D eigenvalue weighted by Crippen LogP contribution is 2.28. The van der Waals surface area contributed by atoms with Crippen molar-refractivity contribution in [2.24, 2.45) is 11.3 Å². The lowest BCUT2D eigenvalue weighted by molar-refractivity contribution is 0.0240. The predicted molar refractivity (Wildman–Crippen MR) is 84.9 cm³/mol. The van der Waals surface area contributed by atoms with Gasteiger partial charge in [-0.3, -0.25) is 0 Å². The van der Waals surface area contributed by atoms with Gasteiger partial charge >= 0.3 is 0 Å². The van der Waals surface area contributed by atoms with Crippen molar-refractivity contribution >= 4 is 0 Å². The van der Waals surface area contributed by atoms with E-state index in [0.717, 1.165) is 32.2 Å². The molecule has 1 saturated heterocycles. The van der Waals surface area contributed by atoms with Gasteiger partial charge in [0.1, 0.15) is 0 Å². The quantitative estimate of drug-likeness (QED) is 0.853. The summed E-state index contributed by atoms with van der Waals surface area (Å²) in [5.74, 6) is 0.729. The minimum Gasteiger partial charge on any atom is -0.381 e. The number of ether oxygens (including phenoxy) is 1. The van der Waals surface area contributed by atoms with Crippen molar-refractivity contribution in [3.63, 3.8) is 0 Å². The van der Waals surface area contributed by atoms with Crippen LogP contribution in [0.15, 0.2) is 24.3 Å². The third-order valence-corrected chi connectivity index (χ3v) is 4.25. The predicted octanol–water partition coefficient (Wildman–Crippen LogP) is 3.79. The smallest absolute Gasteiger partial charge is 0.0471 e. The second-order valence-corrected chi connectivity index (χ2v) is 6.94. The molecule has 20 heavy (non-hydrogen) atoms. The number of rotatable bonds is 6. The van der Waals surface area contributed by atoms with Crippen LogP contribution in [-0.4, -0.2) is 19.8 Å². The van der Waals surface area contributed by atoms with Crippen LogP contribution in [0.3, 0.4) is 0 Å². The number of nitrogens with one attached hydrogen (secondary N) is 1. The van der Waals surface area contributed by atoms with Crippen LogP contribution in [0, 0.1) is 11.3 Å². The first-order chi connectivity index (χ1) is 9.57. The summed E-state index contributed by atoms with van der Waals surface area (Å²) in [6.45, 7) is 10.8. The normalized spacial score (nSPS) is 18.4. The Hall–Kier alpha value is -0.860. The molecule has 1 aliphatic rings. The summed E-state index contributed by atoms with van der Waals surface area (Å²) in [5, 5.41) is 3.62. The second kappa shape index (κ2) is 7.24. The van der Waals surface area contributed by atoms with Crippen LogP contribution in [-0.2, 0) is 17.7 Å². The Balaban J connectivity index is 1.76. The first kappa shape index (κ1) is 15.5. The van der Waals surface area contributed by atoms with Crippen molar-refractivity contribution < 1.29 is 4.74 Å². The van der Waals surface area contributed by atoms with Gasteiger partial charge in [0.15, 0.2) is 0 Å². The first-order valence-electron chi connectivity index (χ1n) is 7.94. The minimum atomic E-state index is 0.413. The van der Waals surface area contributed by atoms with Crippen molar-refractivity contribution in [2.75, 3.05) is 19.8 Å². The Bertz CT molecular complexity index is 390. The van der Waals surface area contributed by atoms with Crippen LogP contribution in [0.1, 0.15) is 44.7 Å². The molecule has 0 spiro atoms. The van der Waals surface area contributed by atoms with Gasteiger partial charge in [0, 0.05) is 26.3 Å². The molecule has 2 rings (SSSR count). The Morgan fingerprint density at radius 2 is 1.70 bits per heavy atom. The highest BCUT2D eigenvalue weighted by Gasteiger charge is 2.26. The maximum Gasteiger partial charge on any atom is 0.0471 e. The fourth-order valence-corrected chi connectivity index (χ4v) is 2.81. The summed E-state index contributed by atoms with van der Waals surface area (Å²) in [6, 6.07) is 9.06. The molecule has 0 amide bonds. The van der Waals surface area contributed by atoms with Gasteiger partial charge in [0.05, 0.1) is 0 Å². The molecular formula is C18H29NO. The van der Waals surface area contributed by atoms with Crippen LogP contribution in [0.4, 0.5) is 0 Å². The van der Waals surface area contributed by atoms with E-state index >= 15 is 0 Å². The van der Waals surface area contributed by atoms with Crippen molar-refractivity contribution in [1.82, 2.24) is 5.32 Å². The van der Waals surface area contributed by atoms with E-state index in [4.69, 9.17) is 4.74 Å². The molecule has 0 saturated carbocycles. The van der Waals surface area contributed by atoms with Crippen molar-refractivity contribution in [3.05, 3.63) is 35.4 Å². The third-order valence-electron chi connectivity index (χ3n) is 4.25. The molecule has 112 valence electrons. The topological polar surface area (TPSA) is 21.3 Å². The standard InChI is InChI=1S/C18H29NO/c1-15(2)12-16-4-6-17(7-5-16)13-19-14-18(3)8-10-20-11-9-18/h4-7,15,19H,8-14H2,1-3H3. The zero-order valence-electron chi connectivity index (χ0n) is 13.2. The summed E-state index contributed by atoms with van der Waals surface area (Å²) < 4.78 is 5.45. The van der Waals surface area contributed by atoms with Gasteiger partial charge in [-0.25, -0.2) is 0 Å². The van der Waals surface area contributed by atoms with E-state index in [-0.39, 0.29) is 0 Å². The van der Waals surface area contributed by atoms with E-state index in [9.17, 15) is 0 Å². The zero-order chi connectivity index (χ0) is 14.4. The van der Waals surface area contributed by atoms with Gasteiger partial charge in [-0.15, -0.1) is 0 Å². The van der Waals surface area contributed by atoms with Crippen molar-refractivity contribution in [2.45, 2.75) is 46.6 Å². The molecule has 1 fully saturated rings. The van der Waals surface area contributed by atoms with E-state index in [1.165, 1.54) is 30.4 Å². The van der Waals surface area contributed by atoms with Gasteiger partial charge in [0.2, 0.25) is 0 Å². The van der Waals surface area contributed by atoms with Crippen LogP contribution in [0.2, 0.25) is 0 Å². The molecule has 1 aliphatic heterocycles. The molecule has 0 aromatic heterocycles. The highest BCUT2D eigenvalue weighted by atomic mass is 16.5. The lowest BCUT2D eigenvalue weighted by Crippen LogP contribution is -2.36. The summed E-state index contributed by atoms with van der Waals surface area (Å²) in [6.07, 6.45) is 3.52. The molecule has 0 unspecified atom stereocenters. The SMILES string of the molecule is CC(C)Cc1ccc(CNCC2(C)CCOCC2)cc1. The van der Waals surface area contributed by atoms with E-state index in [1.54, 1.807) is 0 Å². The van der Waals surface area contributed by atoms with Crippen LogP contribution >= 0.6 is 0 Å². The summed E-state index contributed by atoms with van der Waals surface area (Å²) in [7, 11) is 0. The second-order valence-electron chi connectivity index (χ2n) is 6.94. The van der Waals surface area contributed by atoms with Gasteiger partial charge in [0.25, 0.3) is 0 Å². The van der Waals surface area contributed by atoms with Crippen LogP contribution in [0.25, 0.3) is 0 Å². The summed E-state index contributed by atoms with van der Waals surface area (Å²) in [4.78, 5) is 0. The Labute approximate surface area is 123 Å². The molecule has 1 aromatic carbocycles. The van der Waals surface area contributed by atoms with E-state index in [2.05, 4.69) is 50.4 Å². The summed E-state index contributed by atoms with van der Waals surface area (Å²) >= 11 is 0. The fourth-order valence-electron chi connectivity index (χ4n) is 2.81. The molecule has 0 atom stereocenters. The van der Waals surface area contributed by atoms with Crippen LogP contribution < -0.4 is 5.32 Å². The fraction of sp³-hybridized carbons (Fsp3) is 0.667. The molecule has 0 bridgehead atoms. The third kappa shape index (κ3) is 4.92. The number of benzene rings is 1. The highest BCUT2D eigenvalue weighted by molar-refractivity contribution is 5.22.